The zero-order valence-electron chi connectivity index (χ0n) is 15.2. The molecule has 0 bridgehead atoms. The zero-order chi connectivity index (χ0) is 19.3. The molecule has 6 nitrogen and oxygen atoms in total. The van der Waals surface area contributed by atoms with E-state index in [0.717, 1.165) is 28.3 Å². The molecule has 0 radical (unpaired) electrons. The average Bonchev–Trinajstić information content (AvgIpc) is 3.05. The van der Waals surface area contributed by atoms with E-state index in [9.17, 15) is 13.2 Å². The van der Waals surface area contributed by atoms with Crippen LogP contribution in [0.25, 0.3) is 10.9 Å². The van der Waals surface area contributed by atoms with Crippen molar-refractivity contribution in [1.82, 2.24) is 14.6 Å². The van der Waals surface area contributed by atoms with Crippen molar-refractivity contribution in [3.05, 3.63) is 71.9 Å². The summed E-state index contributed by atoms with van der Waals surface area (Å²) in [6.07, 6.45) is 3.73. The summed E-state index contributed by atoms with van der Waals surface area (Å²) >= 11 is 0. The number of fused-ring (bicyclic) bond motifs is 1. The SMILES string of the molecule is CS(=O)(=O)N(CC(=O)NCCc1c[nH]c2ccccc12)Cc1ccccc1. The van der Waals surface area contributed by atoms with Crippen LogP contribution in [0.15, 0.2) is 60.8 Å². The quantitative estimate of drug-likeness (QED) is 0.624. The van der Waals surface area contributed by atoms with E-state index in [1.54, 1.807) is 0 Å². The molecule has 0 spiro atoms. The number of carbonyl (C=O) groups is 1. The van der Waals surface area contributed by atoms with E-state index in [4.69, 9.17) is 0 Å². The van der Waals surface area contributed by atoms with Gasteiger partial charge in [0.1, 0.15) is 0 Å². The number of H-pyrrole nitrogens is 1. The van der Waals surface area contributed by atoms with Crippen molar-refractivity contribution < 1.29 is 13.2 Å². The first kappa shape index (κ1) is 19.1. The second-order valence-corrected chi connectivity index (χ2v) is 8.46. The molecule has 3 aromatic rings. The van der Waals surface area contributed by atoms with E-state index in [2.05, 4.69) is 10.3 Å². The number of nitrogens with one attached hydrogen (secondary N) is 2. The molecule has 0 atom stereocenters. The van der Waals surface area contributed by atoms with Gasteiger partial charge in [-0.05, 0) is 23.6 Å². The molecule has 3 rings (SSSR count). The Hall–Kier alpha value is -2.64. The van der Waals surface area contributed by atoms with Gasteiger partial charge in [0.25, 0.3) is 0 Å². The first-order valence-electron chi connectivity index (χ1n) is 8.74. The van der Waals surface area contributed by atoms with E-state index in [-0.39, 0.29) is 19.0 Å². The molecule has 0 saturated carbocycles. The van der Waals surface area contributed by atoms with Crippen molar-refractivity contribution in [2.75, 3.05) is 19.3 Å². The number of hydrogen-bond acceptors (Lipinski definition) is 3. The van der Waals surface area contributed by atoms with Gasteiger partial charge in [-0.3, -0.25) is 4.79 Å². The van der Waals surface area contributed by atoms with Crippen molar-refractivity contribution in [3.8, 4) is 0 Å². The van der Waals surface area contributed by atoms with Gasteiger partial charge < -0.3 is 10.3 Å². The number of benzene rings is 2. The number of aromatic nitrogens is 1. The Balaban J connectivity index is 1.56. The van der Waals surface area contributed by atoms with E-state index in [1.165, 1.54) is 4.31 Å². The summed E-state index contributed by atoms with van der Waals surface area (Å²) in [5, 5.41) is 3.95. The topological polar surface area (TPSA) is 82.3 Å². The minimum absolute atomic E-state index is 0.176. The van der Waals surface area contributed by atoms with E-state index in [1.807, 2.05) is 60.8 Å². The Bertz CT molecular complexity index is 1010. The molecular formula is C20H23N3O3S. The molecule has 2 aromatic carbocycles. The number of aromatic amines is 1. The van der Waals surface area contributed by atoms with Crippen LogP contribution in [0.4, 0.5) is 0 Å². The molecule has 0 aliphatic carbocycles. The van der Waals surface area contributed by atoms with Gasteiger partial charge in [0, 0.05) is 30.2 Å². The normalized spacial score (nSPS) is 11.8. The largest absolute Gasteiger partial charge is 0.361 e. The Morgan fingerprint density at radius 1 is 1.07 bits per heavy atom. The molecule has 0 aliphatic heterocycles. The predicted molar refractivity (Wildman–Crippen MR) is 107 cm³/mol. The molecule has 1 amide bonds. The van der Waals surface area contributed by atoms with Crippen molar-refractivity contribution in [2.45, 2.75) is 13.0 Å². The lowest BCUT2D eigenvalue weighted by molar-refractivity contribution is -0.121. The fourth-order valence-electron chi connectivity index (χ4n) is 2.97. The maximum Gasteiger partial charge on any atom is 0.235 e. The van der Waals surface area contributed by atoms with Crippen LogP contribution in [-0.4, -0.2) is 43.0 Å². The maximum absolute atomic E-state index is 12.3. The average molecular weight is 385 g/mol. The Kier molecular flexibility index (Phi) is 5.93. The van der Waals surface area contributed by atoms with Crippen LogP contribution in [0.3, 0.4) is 0 Å². The van der Waals surface area contributed by atoms with E-state index in [0.29, 0.717) is 13.0 Å². The molecule has 1 aromatic heterocycles. The fourth-order valence-corrected chi connectivity index (χ4v) is 3.70. The smallest absolute Gasteiger partial charge is 0.235 e. The number of hydrogen-bond donors (Lipinski definition) is 2. The van der Waals surface area contributed by atoms with E-state index < -0.39 is 10.0 Å². The van der Waals surface area contributed by atoms with Gasteiger partial charge in [0.15, 0.2) is 0 Å². The van der Waals surface area contributed by atoms with Crippen LogP contribution < -0.4 is 5.32 Å². The summed E-state index contributed by atoms with van der Waals surface area (Å²) in [7, 11) is -3.49. The standard InChI is InChI=1S/C20H23N3O3S/c1-27(25,26)23(14-16-7-3-2-4-8-16)15-20(24)21-12-11-17-13-22-19-10-6-5-9-18(17)19/h2-10,13,22H,11-12,14-15H2,1H3,(H,21,24). The van der Waals surface area contributed by atoms with Crippen LogP contribution in [0.2, 0.25) is 0 Å². The molecule has 2 N–H and O–H groups in total. The first-order chi connectivity index (χ1) is 12.9. The molecule has 0 saturated heterocycles. The fraction of sp³-hybridized carbons (Fsp3) is 0.250. The summed E-state index contributed by atoms with van der Waals surface area (Å²) < 4.78 is 25.2. The van der Waals surface area contributed by atoms with Crippen LogP contribution in [0.1, 0.15) is 11.1 Å². The minimum Gasteiger partial charge on any atom is -0.361 e. The molecule has 27 heavy (non-hydrogen) atoms. The Morgan fingerprint density at radius 2 is 1.78 bits per heavy atom. The summed E-state index contributed by atoms with van der Waals surface area (Å²) in [5.74, 6) is -0.309. The van der Waals surface area contributed by atoms with Crippen molar-refractivity contribution >= 4 is 26.8 Å². The van der Waals surface area contributed by atoms with Crippen molar-refractivity contribution in [3.63, 3.8) is 0 Å². The number of nitrogens with zero attached hydrogens (tertiary/aromatic N) is 1. The highest BCUT2D eigenvalue weighted by Gasteiger charge is 2.20. The minimum atomic E-state index is -3.49. The van der Waals surface area contributed by atoms with Gasteiger partial charge in [0.2, 0.25) is 15.9 Å². The molecule has 0 fully saturated rings. The summed E-state index contributed by atoms with van der Waals surface area (Å²) in [6.45, 7) is 0.431. The number of amides is 1. The second-order valence-electron chi connectivity index (χ2n) is 6.48. The Morgan fingerprint density at radius 3 is 2.52 bits per heavy atom. The monoisotopic (exact) mass is 385 g/mol. The van der Waals surface area contributed by atoms with Gasteiger partial charge in [0.05, 0.1) is 12.8 Å². The third-order valence-electron chi connectivity index (χ3n) is 4.38. The zero-order valence-corrected chi connectivity index (χ0v) is 16.0. The maximum atomic E-state index is 12.3. The summed E-state index contributed by atoms with van der Waals surface area (Å²) in [6, 6.07) is 17.2. The molecule has 7 heteroatoms. The lowest BCUT2D eigenvalue weighted by Gasteiger charge is -2.19. The third kappa shape index (κ3) is 5.18. The van der Waals surface area contributed by atoms with Crippen LogP contribution in [-0.2, 0) is 27.8 Å². The number of carbonyl (C=O) groups excluding carboxylic acids is 1. The number of sulfonamides is 1. The molecule has 1 heterocycles. The molecular weight excluding hydrogens is 362 g/mol. The number of rotatable bonds is 8. The highest BCUT2D eigenvalue weighted by atomic mass is 32.2. The lowest BCUT2D eigenvalue weighted by atomic mass is 10.1. The van der Waals surface area contributed by atoms with Crippen molar-refractivity contribution in [1.29, 1.82) is 0 Å². The van der Waals surface area contributed by atoms with Gasteiger partial charge in [-0.15, -0.1) is 0 Å². The molecule has 142 valence electrons. The van der Waals surface area contributed by atoms with Gasteiger partial charge in [-0.1, -0.05) is 48.5 Å². The summed E-state index contributed by atoms with van der Waals surface area (Å²) in [5.41, 5.74) is 3.02. The highest BCUT2D eigenvalue weighted by molar-refractivity contribution is 7.88. The van der Waals surface area contributed by atoms with E-state index >= 15 is 0 Å². The van der Waals surface area contributed by atoms with Crippen LogP contribution in [0, 0.1) is 0 Å². The second kappa shape index (κ2) is 8.37. The number of para-hydroxylation sites is 1. The van der Waals surface area contributed by atoms with Crippen molar-refractivity contribution in [2.24, 2.45) is 0 Å². The van der Waals surface area contributed by atoms with Crippen LogP contribution in [0.5, 0.6) is 0 Å². The first-order valence-corrected chi connectivity index (χ1v) is 10.6. The predicted octanol–water partition coefficient (Wildman–Crippen LogP) is 2.29. The summed E-state index contributed by atoms with van der Waals surface area (Å²) in [4.78, 5) is 15.5. The highest BCUT2D eigenvalue weighted by Crippen LogP contribution is 2.17. The lowest BCUT2D eigenvalue weighted by Crippen LogP contribution is -2.40. The third-order valence-corrected chi connectivity index (χ3v) is 5.58. The van der Waals surface area contributed by atoms with Gasteiger partial charge in [-0.2, -0.15) is 4.31 Å². The molecule has 0 aliphatic rings. The van der Waals surface area contributed by atoms with Gasteiger partial charge in [-0.25, -0.2) is 8.42 Å². The van der Waals surface area contributed by atoms with Gasteiger partial charge >= 0.3 is 0 Å². The molecule has 0 unspecified atom stereocenters. The van der Waals surface area contributed by atoms with Crippen LogP contribution >= 0.6 is 0 Å². The Labute approximate surface area is 159 Å².